The Hall–Kier alpha value is -3.21. The molecule has 1 fully saturated rings. The maximum Gasteiger partial charge on any atom is 0.407 e. The largest absolute Gasteiger partial charge is 0.465 e. The summed E-state index contributed by atoms with van der Waals surface area (Å²) in [5.41, 5.74) is 2.19. The van der Waals surface area contributed by atoms with Crippen LogP contribution in [-0.4, -0.2) is 84.4 Å². The van der Waals surface area contributed by atoms with E-state index in [2.05, 4.69) is 4.98 Å². The van der Waals surface area contributed by atoms with E-state index in [9.17, 15) is 23.1 Å². The highest BCUT2D eigenvalue weighted by Crippen LogP contribution is 2.30. The first-order valence-corrected chi connectivity index (χ1v) is 12.7. The van der Waals surface area contributed by atoms with Gasteiger partial charge in [0.05, 0.1) is 21.1 Å². The van der Waals surface area contributed by atoms with E-state index in [0.717, 1.165) is 4.31 Å². The summed E-state index contributed by atoms with van der Waals surface area (Å²) in [4.78, 5) is 32.2. The van der Waals surface area contributed by atoms with E-state index >= 15 is 0 Å². The fourth-order valence-electron chi connectivity index (χ4n) is 4.08. The number of carbonyl (C=O) groups is 2. The van der Waals surface area contributed by atoms with Crippen molar-refractivity contribution in [2.24, 2.45) is 0 Å². The SMILES string of the molecule is CC1CN(C(=O)c2ccc3c(Cl)cc(-c4ccc(S(=O)(=O)N(C)C)cc4)nc3c2)CCN1C(=O)O. The number of hydrogen-bond acceptors (Lipinski definition) is 5. The lowest BCUT2D eigenvalue weighted by molar-refractivity contribution is 0.0507. The molecule has 0 spiro atoms. The van der Waals surface area contributed by atoms with Gasteiger partial charge in [-0.15, -0.1) is 0 Å². The minimum Gasteiger partial charge on any atom is -0.465 e. The Morgan fingerprint density at radius 1 is 1.09 bits per heavy atom. The Kier molecular flexibility index (Phi) is 6.72. The monoisotopic (exact) mass is 516 g/mol. The van der Waals surface area contributed by atoms with Crippen LogP contribution in [0.4, 0.5) is 4.79 Å². The number of hydrogen-bond donors (Lipinski definition) is 1. The molecule has 3 aromatic rings. The first-order chi connectivity index (χ1) is 16.5. The van der Waals surface area contributed by atoms with Crippen LogP contribution >= 0.6 is 11.6 Å². The van der Waals surface area contributed by atoms with E-state index in [1.807, 2.05) is 0 Å². The van der Waals surface area contributed by atoms with Gasteiger partial charge in [-0.2, -0.15) is 0 Å². The number of sulfonamides is 1. The van der Waals surface area contributed by atoms with Crippen LogP contribution in [0.5, 0.6) is 0 Å². The zero-order valence-electron chi connectivity index (χ0n) is 19.5. The van der Waals surface area contributed by atoms with Crippen molar-refractivity contribution in [1.82, 2.24) is 19.1 Å². The highest BCUT2D eigenvalue weighted by molar-refractivity contribution is 7.89. The Labute approximate surface area is 208 Å². The summed E-state index contributed by atoms with van der Waals surface area (Å²) in [6.07, 6.45) is -0.992. The predicted molar refractivity (Wildman–Crippen MR) is 133 cm³/mol. The Morgan fingerprint density at radius 3 is 2.37 bits per heavy atom. The quantitative estimate of drug-likeness (QED) is 0.567. The van der Waals surface area contributed by atoms with Crippen LogP contribution in [0, 0.1) is 0 Å². The average Bonchev–Trinajstić information content (AvgIpc) is 2.82. The fraction of sp³-hybridized carbons (Fsp3) is 0.292. The van der Waals surface area contributed by atoms with Crippen LogP contribution < -0.4 is 0 Å². The van der Waals surface area contributed by atoms with Gasteiger partial charge >= 0.3 is 6.09 Å². The van der Waals surface area contributed by atoms with E-state index in [0.29, 0.717) is 45.8 Å². The smallest absolute Gasteiger partial charge is 0.407 e. The molecular formula is C24H25ClN4O5S. The molecular weight excluding hydrogens is 492 g/mol. The van der Waals surface area contributed by atoms with E-state index in [4.69, 9.17) is 11.6 Å². The van der Waals surface area contributed by atoms with Crippen LogP contribution in [0.2, 0.25) is 5.02 Å². The van der Waals surface area contributed by atoms with Crippen molar-refractivity contribution in [1.29, 1.82) is 0 Å². The molecule has 1 N–H and O–H groups in total. The normalized spacial score (nSPS) is 16.7. The van der Waals surface area contributed by atoms with Gasteiger partial charge in [0.1, 0.15) is 0 Å². The summed E-state index contributed by atoms with van der Waals surface area (Å²) < 4.78 is 25.8. The van der Waals surface area contributed by atoms with Crippen molar-refractivity contribution in [3.63, 3.8) is 0 Å². The first kappa shape index (κ1) is 24.9. The summed E-state index contributed by atoms with van der Waals surface area (Å²) in [6.45, 7) is 2.64. The third-order valence-corrected chi connectivity index (χ3v) is 8.24. The molecule has 9 nitrogen and oxygen atoms in total. The molecule has 1 atom stereocenters. The third-order valence-electron chi connectivity index (χ3n) is 6.10. The number of nitrogens with zero attached hydrogens (tertiary/aromatic N) is 4. The minimum absolute atomic E-state index is 0.170. The van der Waals surface area contributed by atoms with Gasteiger partial charge < -0.3 is 14.9 Å². The number of benzene rings is 2. The van der Waals surface area contributed by atoms with Crippen molar-refractivity contribution in [2.75, 3.05) is 33.7 Å². The second kappa shape index (κ2) is 9.44. The fourth-order valence-corrected chi connectivity index (χ4v) is 5.25. The van der Waals surface area contributed by atoms with Crippen LogP contribution in [0.1, 0.15) is 17.3 Å². The number of rotatable bonds is 4. The molecule has 35 heavy (non-hydrogen) atoms. The highest BCUT2D eigenvalue weighted by atomic mass is 35.5. The molecule has 2 heterocycles. The third kappa shape index (κ3) is 4.82. The van der Waals surface area contributed by atoms with Gasteiger partial charge in [-0.25, -0.2) is 22.5 Å². The maximum atomic E-state index is 13.1. The zero-order valence-corrected chi connectivity index (χ0v) is 21.0. The number of amides is 2. The summed E-state index contributed by atoms with van der Waals surface area (Å²) in [5, 5.41) is 10.4. The molecule has 11 heteroatoms. The van der Waals surface area contributed by atoms with Crippen molar-refractivity contribution in [3.8, 4) is 11.3 Å². The summed E-state index contributed by atoms with van der Waals surface area (Å²) in [6, 6.07) is 12.9. The molecule has 1 aromatic heterocycles. The lowest BCUT2D eigenvalue weighted by Gasteiger charge is -2.38. The van der Waals surface area contributed by atoms with Crippen LogP contribution in [0.15, 0.2) is 53.4 Å². The number of aromatic nitrogens is 1. The van der Waals surface area contributed by atoms with Gasteiger partial charge in [0.2, 0.25) is 10.0 Å². The van der Waals surface area contributed by atoms with Gasteiger partial charge in [-0.3, -0.25) is 4.79 Å². The van der Waals surface area contributed by atoms with Crippen molar-refractivity contribution >= 4 is 44.5 Å². The second-order valence-corrected chi connectivity index (χ2v) is 11.2. The van der Waals surface area contributed by atoms with E-state index in [1.54, 1.807) is 48.2 Å². The maximum absolute atomic E-state index is 13.1. The molecule has 0 aliphatic carbocycles. The number of pyridine rings is 1. The molecule has 2 aromatic carbocycles. The summed E-state index contributed by atoms with van der Waals surface area (Å²) in [5.74, 6) is -0.203. The van der Waals surface area contributed by atoms with Crippen molar-refractivity contribution < 1.29 is 23.1 Å². The van der Waals surface area contributed by atoms with Crippen molar-refractivity contribution in [3.05, 3.63) is 59.1 Å². The average molecular weight is 517 g/mol. The molecule has 0 saturated carbocycles. The lowest BCUT2D eigenvalue weighted by Crippen LogP contribution is -2.55. The van der Waals surface area contributed by atoms with Gasteiger partial charge in [-0.1, -0.05) is 29.8 Å². The van der Waals surface area contributed by atoms with E-state index in [1.165, 1.54) is 31.1 Å². The standard InChI is InChI=1S/C24H25ClN4O5S/c1-15-14-28(10-11-29(15)24(31)32)23(30)17-6-9-19-20(25)13-21(26-22(19)12-17)16-4-7-18(8-5-16)35(33,34)27(2)3/h4-9,12-13,15H,10-11,14H2,1-3H3,(H,31,32). The Balaban J connectivity index is 1.64. The Morgan fingerprint density at radius 2 is 1.77 bits per heavy atom. The number of fused-ring (bicyclic) bond motifs is 1. The summed E-state index contributed by atoms with van der Waals surface area (Å²) >= 11 is 6.50. The van der Waals surface area contributed by atoms with Gasteiger partial charge in [0.15, 0.2) is 0 Å². The number of piperazine rings is 1. The topological polar surface area (TPSA) is 111 Å². The van der Waals surface area contributed by atoms with Gasteiger partial charge in [0, 0.05) is 56.3 Å². The van der Waals surface area contributed by atoms with E-state index < -0.39 is 16.1 Å². The molecule has 2 amide bonds. The molecule has 1 saturated heterocycles. The molecule has 184 valence electrons. The molecule has 0 bridgehead atoms. The zero-order chi connectivity index (χ0) is 25.5. The molecule has 1 unspecified atom stereocenters. The van der Waals surface area contributed by atoms with E-state index in [-0.39, 0.29) is 23.4 Å². The van der Waals surface area contributed by atoms with Crippen LogP contribution in [0.3, 0.4) is 0 Å². The van der Waals surface area contributed by atoms with Gasteiger partial charge in [0.25, 0.3) is 5.91 Å². The van der Waals surface area contributed by atoms with Gasteiger partial charge in [-0.05, 0) is 37.3 Å². The minimum atomic E-state index is -3.55. The number of halogens is 1. The van der Waals surface area contributed by atoms with Crippen molar-refractivity contribution in [2.45, 2.75) is 17.9 Å². The van der Waals surface area contributed by atoms with Crippen LogP contribution in [-0.2, 0) is 10.0 Å². The number of carboxylic acid groups (broad SMARTS) is 1. The molecule has 0 radical (unpaired) electrons. The predicted octanol–water partition coefficient (Wildman–Crippen LogP) is 3.63. The second-order valence-electron chi connectivity index (χ2n) is 8.61. The molecule has 4 rings (SSSR count). The Bertz CT molecular complexity index is 1410. The molecule has 1 aliphatic rings. The highest BCUT2D eigenvalue weighted by Gasteiger charge is 2.30. The first-order valence-electron chi connectivity index (χ1n) is 10.9. The summed E-state index contributed by atoms with van der Waals surface area (Å²) in [7, 11) is -0.604. The lowest BCUT2D eigenvalue weighted by atomic mass is 10.1. The van der Waals surface area contributed by atoms with Crippen LogP contribution in [0.25, 0.3) is 22.2 Å². The molecule has 1 aliphatic heterocycles. The number of carbonyl (C=O) groups excluding carboxylic acids is 1.